The fourth-order valence-electron chi connectivity index (χ4n) is 2.41. The van der Waals surface area contributed by atoms with Crippen molar-refractivity contribution in [1.82, 2.24) is 4.90 Å². The lowest BCUT2D eigenvalue weighted by atomic mass is 9.99. The fourth-order valence-corrected chi connectivity index (χ4v) is 3.65. The molecule has 6 heteroatoms. The van der Waals surface area contributed by atoms with Crippen molar-refractivity contribution >= 4 is 34.5 Å². The van der Waals surface area contributed by atoms with Crippen molar-refractivity contribution in [3.63, 3.8) is 0 Å². The topological polar surface area (TPSA) is 38.5 Å². The van der Waals surface area contributed by atoms with Gasteiger partial charge in [0.2, 0.25) is 0 Å². The summed E-state index contributed by atoms with van der Waals surface area (Å²) in [5.74, 6) is 0. The smallest absolute Gasteiger partial charge is 0.112 e. The van der Waals surface area contributed by atoms with Crippen LogP contribution in [0.15, 0.2) is 5.38 Å². The Labute approximate surface area is 122 Å². The molecule has 2 atom stereocenters. The van der Waals surface area contributed by atoms with Crippen molar-refractivity contribution in [2.45, 2.75) is 31.5 Å². The summed E-state index contributed by atoms with van der Waals surface area (Å²) in [5.41, 5.74) is 6.95. The Balaban J connectivity index is 2.02. The van der Waals surface area contributed by atoms with Crippen molar-refractivity contribution in [1.29, 1.82) is 0 Å². The van der Waals surface area contributed by atoms with Gasteiger partial charge in [0.05, 0.1) is 11.1 Å². The van der Waals surface area contributed by atoms with Crippen LogP contribution >= 0.6 is 34.5 Å². The third-order valence-electron chi connectivity index (χ3n) is 3.53. The van der Waals surface area contributed by atoms with Gasteiger partial charge in [-0.25, -0.2) is 0 Å². The van der Waals surface area contributed by atoms with Crippen LogP contribution < -0.4 is 5.73 Å². The standard InChI is InChI=1S/C12H18Cl2N2OS/c1-17-10-2-3-16(9(4-10)5-15)6-8-7-18-12(14)11(8)13/h7,9-10H,2-6,15H2,1H3. The van der Waals surface area contributed by atoms with Crippen LogP contribution in [0.2, 0.25) is 9.36 Å². The van der Waals surface area contributed by atoms with Gasteiger partial charge in [-0.15, -0.1) is 11.3 Å². The molecule has 1 aromatic rings. The highest BCUT2D eigenvalue weighted by Crippen LogP contribution is 2.34. The summed E-state index contributed by atoms with van der Waals surface area (Å²) in [5, 5.41) is 2.71. The SMILES string of the molecule is COC1CCN(Cc2csc(Cl)c2Cl)C(CN)C1. The molecule has 2 rings (SSSR count). The third kappa shape index (κ3) is 3.18. The first-order valence-electron chi connectivity index (χ1n) is 6.04. The largest absolute Gasteiger partial charge is 0.381 e. The third-order valence-corrected chi connectivity index (χ3v) is 5.44. The highest BCUT2D eigenvalue weighted by molar-refractivity contribution is 7.15. The Bertz CT molecular complexity index is 399. The van der Waals surface area contributed by atoms with Gasteiger partial charge in [0.15, 0.2) is 0 Å². The quantitative estimate of drug-likeness (QED) is 0.929. The molecule has 18 heavy (non-hydrogen) atoms. The summed E-state index contributed by atoms with van der Waals surface area (Å²) in [6, 6.07) is 0.360. The number of hydrogen-bond acceptors (Lipinski definition) is 4. The van der Waals surface area contributed by atoms with Gasteiger partial charge in [-0.1, -0.05) is 23.2 Å². The van der Waals surface area contributed by atoms with E-state index in [1.807, 2.05) is 5.38 Å². The van der Waals surface area contributed by atoms with Crippen LogP contribution in [-0.4, -0.2) is 37.2 Å². The molecule has 102 valence electrons. The Kier molecular flexibility index (Phi) is 5.30. The molecule has 1 aliphatic rings. The average Bonchev–Trinajstić information content (AvgIpc) is 2.71. The van der Waals surface area contributed by atoms with Gasteiger partial charge < -0.3 is 10.5 Å². The first kappa shape index (κ1) is 14.6. The molecule has 0 aliphatic carbocycles. The molecule has 0 bridgehead atoms. The second kappa shape index (κ2) is 6.55. The number of hydrogen-bond donors (Lipinski definition) is 1. The van der Waals surface area contributed by atoms with E-state index in [1.54, 1.807) is 7.11 Å². The fraction of sp³-hybridized carbons (Fsp3) is 0.667. The molecule has 1 fully saturated rings. The molecule has 2 unspecified atom stereocenters. The molecular formula is C12H18Cl2N2OS. The van der Waals surface area contributed by atoms with Gasteiger partial charge in [0.1, 0.15) is 4.34 Å². The molecular weight excluding hydrogens is 291 g/mol. The number of methoxy groups -OCH3 is 1. The summed E-state index contributed by atoms with van der Waals surface area (Å²) in [7, 11) is 1.77. The van der Waals surface area contributed by atoms with E-state index in [0.29, 0.717) is 28.0 Å². The predicted molar refractivity (Wildman–Crippen MR) is 77.6 cm³/mol. The molecule has 0 amide bonds. The summed E-state index contributed by atoms with van der Waals surface area (Å²) < 4.78 is 6.09. The predicted octanol–water partition coefficient (Wildman–Crippen LogP) is 2.99. The van der Waals surface area contributed by atoms with Crippen LogP contribution in [-0.2, 0) is 11.3 Å². The molecule has 1 saturated heterocycles. The van der Waals surface area contributed by atoms with Gasteiger partial charge in [0, 0.05) is 32.8 Å². The average molecular weight is 309 g/mol. The van der Waals surface area contributed by atoms with Crippen LogP contribution in [0.3, 0.4) is 0 Å². The lowest BCUT2D eigenvalue weighted by Gasteiger charge is -2.38. The molecule has 0 radical (unpaired) electrons. The zero-order chi connectivity index (χ0) is 13.1. The Morgan fingerprint density at radius 2 is 2.33 bits per heavy atom. The summed E-state index contributed by atoms with van der Waals surface area (Å²) in [6.45, 7) is 2.46. The highest BCUT2D eigenvalue weighted by atomic mass is 35.5. The van der Waals surface area contributed by atoms with E-state index in [9.17, 15) is 0 Å². The highest BCUT2D eigenvalue weighted by Gasteiger charge is 2.28. The van der Waals surface area contributed by atoms with Gasteiger partial charge in [0.25, 0.3) is 0 Å². The number of ether oxygens (including phenoxy) is 1. The second-order valence-electron chi connectivity index (χ2n) is 4.59. The van der Waals surface area contributed by atoms with Crippen molar-refractivity contribution < 1.29 is 4.74 Å². The summed E-state index contributed by atoms with van der Waals surface area (Å²) in [6.07, 6.45) is 2.36. The summed E-state index contributed by atoms with van der Waals surface area (Å²) >= 11 is 13.6. The number of halogens is 2. The molecule has 1 aliphatic heterocycles. The normalized spacial score (nSPS) is 25.6. The zero-order valence-electron chi connectivity index (χ0n) is 10.4. The van der Waals surface area contributed by atoms with Crippen LogP contribution in [0.4, 0.5) is 0 Å². The van der Waals surface area contributed by atoms with Crippen LogP contribution in [0.1, 0.15) is 18.4 Å². The number of nitrogens with two attached hydrogens (primary N) is 1. The minimum atomic E-state index is 0.330. The van der Waals surface area contributed by atoms with E-state index in [1.165, 1.54) is 11.3 Å². The molecule has 1 aromatic heterocycles. The molecule has 3 nitrogen and oxygen atoms in total. The van der Waals surface area contributed by atoms with Crippen molar-refractivity contribution in [3.8, 4) is 0 Å². The van der Waals surface area contributed by atoms with E-state index < -0.39 is 0 Å². The minimum absolute atomic E-state index is 0.330. The first-order valence-corrected chi connectivity index (χ1v) is 7.67. The van der Waals surface area contributed by atoms with Crippen LogP contribution in [0.25, 0.3) is 0 Å². The number of likely N-dealkylation sites (tertiary alicyclic amines) is 1. The monoisotopic (exact) mass is 308 g/mol. The maximum Gasteiger partial charge on any atom is 0.112 e. The summed E-state index contributed by atoms with van der Waals surface area (Å²) in [4.78, 5) is 2.37. The first-order chi connectivity index (χ1) is 8.65. The van der Waals surface area contributed by atoms with E-state index in [2.05, 4.69) is 4.90 Å². The van der Waals surface area contributed by atoms with E-state index >= 15 is 0 Å². The van der Waals surface area contributed by atoms with E-state index in [0.717, 1.165) is 31.5 Å². The van der Waals surface area contributed by atoms with Gasteiger partial charge >= 0.3 is 0 Å². The lowest BCUT2D eigenvalue weighted by molar-refractivity contribution is 0.0103. The molecule has 0 aromatic carbocycles. The molecule has 0 saturated carbocycles. The van der Waals surface area contributed by atoms with E-state index in [4.69, 9.17) is 33.7 Å². The number of thiophene rings is 1. The van der Waals surface area contributed by atoms with Crippen molar-refractivity contribution in [2.75, 3.05) is 20.2 Å². The van der Waals surface area contributed by atoms with Crippen LogP contribution in [0.5, 0.6) is 0 Å². The Morgan fingerprint density at radius 1 is 1.56 bits per heavy atom. The van der Waals surface area contributed by atoms with Crippen molar-refractivity contribution in [2.24, 2.45) is 5.73 Å². The number of piperidine rings is 1. The van der Waals surface area contributed by atoms with Crippen molar-refractivity contribution in [3.05, 3.63) is 20.3 Å². The van der Waals surface area contributed by atoms with E-state index in [-0.39, 0.29) is 0 Å². The molecule has 2 heterocycles. The molecule has 0 spiro atoms. The Morgan fingerprint density at radius 3 is 2.89 bits per heavy atom. The maximum absolute atomic E-state index is 6.17. The zero-order valence-corrected chi connectivity index (χ0v) is 12.7. The van der Waals surface area contributed by atoms with Gasteiger partial charge in [-0.3, -0.25) is 4.90 Å². The number of rotatable bonds is 4. The number of nitrogens with zero attached hydrogens (tertiary/aromatic N) is 1. The lowest BCUT2D eigenvalue weighted by Crippen LogP contribution is -2.47. The Hall–Kier alpha value is 0.160. The molecule has 2 N–H and O–H groups in total. The van der Waals surface area contributed by atoms with Gasteiger partial charge in [-0.05, 0) is 23.8 Å². The minimum Gasteiger partial charge on any atom is -0.381 e. The van der Waals surface area contributed by atoms with Crippen LogP contribution in [0, 0.1) is 0 Å². The maximum atomic E-state index is 6.17. The second-order valence-corrected chi connectivity index (χ2v) is 6.45. The van der Waals surface area contributed by atoms with Gasteiger partial charge in [-0.2, -0.15) is 0 Å².